The summed E-state index contributed by atoms with van der Waals surface area (Å²) in [6, 6.07) is 15.5. The van der Waals surface area contributed by atoms with Crippen molar-refractivity contribution < 1.29 is 13.2 Å². The highest BCUT2D eigenvalue weighted by atomic mass is 32.2. The van der Waals surface area contributed by atoms with Gasteiger partial charge in [0.05, 0.1) is 17.8 Å². The molecule has 0 heterocycles. The van der Waals surface area contributed by atoms with Crippen molar-refractivity contribution in [1.82, 2.24) is 0 Å². The number of hydrogen-bond acceptors (Lipinski definition) is 3. The Labute approximate surface area is 143 Å². The van der Waals surface area contributed by atoms with Crippen molar-refractivity contribution in [2.45, 2.75) is 31.1 Å². The highest BCUT2D eigenvalue weighted by Crippen LogP contribution is 2.40. The molecule has 0 saturated heterocycles. The lowest BCUT2D eigenvalue weighted by molar-refractivity contribution is 0.415. The van der Waals surface area contributed by atoms with E-state index in [4.69, 9.17) is 4.74 Å². The van der Waals surface area contributed by atoms with Gasteiger partial charge >= 0.3 is 0 Å². The van der Waals surface area contributed by atoms with E-state index in [1.807, 2.05) is 24.3 Å². The van der Waals surface area contributed by atoms with Crippen LogP contribution in [0.25, 0.3) is 11.1 Å². The normalized spacial score (nSPS) is 14.9. The topological polar surface area (TPSA) is 43.4 Å². The third kappa shape index (κ3) is 3.24. The molecule has 0 aliphatic heterocycles. The minimum absolute atomic E-state index is 0.131. The van der Waals surface area contributed by atoms with Crippen molar-refractivity contribution in [1.29, 1.82) is 0 Å². The summed E-state index contributed by atoms with van der Waals surface area (Å²) in [6.45, 7) is 1.67. The molecular weight excluding hydrogens is 320 g/mol. The lowest BCUT2D eigenvalue weighted by Crippen LogP contribution is -2.03. The third-order valence-electron chi connectivity index (χ3n) is 4.60. The van der Waals surface area contributed by atoms with Gasteiger partial charge in [-0.2, -0.15) is 0 Å². The van der Waals surface area contributed by atoms with E-state index in [1.165, 1.54) is 16.7 Å². The molecule has 0 aromatic heterocycles. The van der Waals surface area contributed by atoms with E-state index >= 15 is 0 Å². The van der Waals surface area contributed by atoms with Crippen molar-refractivity contribution in [3.8, 4) is 5.75 Å². The lowest BCUT2D eigenvalue weighted by Gasteiger charge is -2.10. The van der Waals surface area contributed by atoms with E-state index in [9.17, 15) is 8.42 Å². The Balaban J connectivity index is 1.97. The molecule has 0 atom stereocenters. The molecule has 0 unspecified atom stereocenters. The molecule has 0 bridgehead atoms. The first-order valence-electron chi connectivity index (χ1n) is 8.25. The fourth-order valence-electron chi connectivity index (χ4n) is 3.20. The van der Waals surface area contributed by atoms with Crippen molar-refractivity contribution >= 4 is 21.0 Å². The second kappa shape index (κ2) is 6.81. The average Bonchev–Trinajstić information content (AvgIpc) is 3.11. The Morgan fingerprint density at radius 2 is 1.38 bits per heavy atom. The highest BCUT2D eigenvalue weighted by molar-refractivity contribution is 7.91. The Hall–Kier alpha value is -2.07. The summed E-state index contributed by atoms with van der Waals surface area (Å²) < 4.78 is 29.1. The van der Waals surface area contributed by atoms with Gasteiger partial charge in [0.25, 0.3) is 0 Å². The monoisotopic (exact) mass is 342 g/mol. The summed E-state index contributed by atoms with van der Waals surface area (Å²) in [7, 11) is -1.47. The first kappa shape index (κ1) is 16.8. The minimum atomic E-state index is -3.14. The standard InChI is InChI=1S/C20H22O3S/c1-3-24(21,22)18-13-9-16(10-14-18)20-6-4-5-19(20)15-7-11-17(23-2)12-8-15/h7-14H,3-6H2,1-2H3. The van der Waals surface area contributed by atoms with Crippen LogP contribution in [0.3, 0.4) is 0 Å². The zero-order valence-corrected chi connectivity index (χ0v) is 14.9. The van der Waals surface area contributed by atoms with Crippen LogP contribution in [0, 0.1) is 0 Å². The Kier molecular flexibility index (Phi) is 4.76. The molecule has 24 heavy (non-hydrogen) atoms. The minimum Gasteiger partial charge on any atom is -0.497 e. The van der Waals surface area contributed by atoms with Gasteiger partial charge in [0.15, 0.2) is 9.84 Å². The maximum Gasteiger partial charge on any atom is 0.178 e. The summed E-state index contributed by atoms with van der Waals surface area (Å²) in [4.78, 5) is 0.401. The predicted octanol–water partition coefficient (Wildman–Crippen LogP) is 4.58. The first-order valence-corrected chi connectivity index (χ1v) is 9.90. The van der Waals surface area contributed by atoms with Crippen LogP contribution in [-0.2, 0) is 9.84 Å². The molecule has 2 aromatic rings. The largest absolute Gasteiger partial charge is 0.497 e. The summed E-state index contributed by atoms with van der Waals surface area (Å²) in [5.41, 5.74) is 5.01. The van der Waals surface area contributed by atoms with Crippen LogP contribution in [-0.4, -0.2) is 21.3 Å². The highest BCUT2D eigenvalue weighted by Gasteiger charge is 2.18. The quantitative estimate of drug-likeness (QED) is 0.798. The van der Waals surface area contributed by atoms with E-state index in [2.05, 4.69) is 12.1 Å². The molecule has 1 aliphatic rings. The molecule has 0 radical (unpaired) electrons. The van der Waals surface area contributed by atoms with E-state index in [0.29, 0.717) is 4.90 Å². The zero-order valence-electron chi connectivity index (χ0n) is 14.1. The maximum atomic E-state index is 12.0. The molecule has 3 rings (SSSR count). The van der Waals surface area contributed by atoms with Gasteiger partial charge in [-0.05, 0) is 65.8 Å². The van der Waals surface area contributed by atoms with E-state index in [1.54, 1.807) is 26.2 Å². The van der Waals surface area contributed by atoms with Crippen LogP contribution >= 0.6 is 0 Å². The van der Waals surface area contributed by atoms with Crippen molar-refractivity contribution in [3.05, 3.63) is 59.7 Å². The van der Waals surface area contributed by atoms with Crippen LogP contribution in [0.15, 0.2) is 53.4 Å². The maximum absolute atomic E-state index is 12.0. The smallest absolute Gasteiger partial charge is 0.178 e. The van der Waals surface area contributed by atoms with E-state index < -0.39 is 9.84 Å². The predicted molar refractivity (Wildman–Crippen MR) is 97.8 cm³/mol. The molecule has 1 aliphatic carbocycles. The second-order valence-corrected chi connectivity index (χ2v) is 8.25. The Morgan fingerprint density at radius 3 is 1.83 bits per heavy atom. The molecular formula is C20H22O3S. The van der Waals surface area contributed by atoms with Gasteiger partial charge in [-0.25, -0.2) is 8.42 Å². The number of benzene rings is 2. The number of ether oxygens (including phenoxy) is 1. The van der Waals surface area contributed by atoms with Crippen molar-refractivity contribution in [2.75, 3.05) is 12.9 Å². The van der Waals surface area contributed by atoms with Crippen LogP contribution in [0.1, 0.15) is 37.3 Å². The number of rotatable bonds is 5. The number of sulfone groups is 1. The van der Waals surface area contributed by atoms with Crippen LogP contribution in [0.4, 0.5) is 0 Å². The van der Waals surface area contributed by atoms with Crippen LogP contribution in [0.5, 0.6) is 5.75 Å². The van der Waals surface area contributed by atoms with Gasteiger partial charge in [0.2, 0.25) is 0 Å². The second-order valence-electron chi connectivity index (χ2n) is 5.97. The summed E-state index contributed by atoms with van der Waals surface area (Å²) in [5, 5.41) is 0. The fraction of sp³-hybridized carbons (Fsp3) is 0.300. The molecule has 2 aromatic carbocycles. The molecule has 4 heteroatoms. The zero-order chi connectivity index (χ0) is 17.2. The van der Waals surface area contributed by atoms with Gasteiger partial charge in [-0.3, -0.25) is 0 Å². The van der Waals surface area contributed by atoms with Gasteiger partial charge < -0.3 is 4.74 Å². The van der Waals surface area contributed by atoms with Gasteiger partial charge in [-0.1, -0.05) is 31.2 Å². The van der Waals surface area contributed by atoms with Crippen LogP contribution in [0.2, 0.25) is 0 Å². The molecule has 0 amide bonds. The molecule has 0 spiro atoms. The van der Waals surface area contributed by atoms with E-state index in [0.717, 1.165) is 30.6 Å². The third-order valence-corrected chi connectivity index (χ3v) is 6.35. The van der Waals surface area contributed by atoms with Crippen LogP contribution < -0.4 is 4.74 Å². The Bertz CT molecular complexity index is 845. The molecule has 0 fully saturated rings. The summed E-state index contributed by atoms with van der Waals surface area (Å²) in [5.74, 6) is 0.986. The fourth-order valence-corrected chi connectivity index (χ4v) is 4.09. The molecule has 126 valence electrons. The van der Waals surface area contributed by atoms with E-state index in [-0.39, 0.29) is 5.75 Å². The summed E-state index contributed by atoms with van der Waals surface area (Å²) in [6.07, 6.45) is 3.21. The Morgan fingerprint density at radius 1 is 0.875 bits per heavy atom. The van der Waals surface area contributed by atoms with Gasteiger partial charge in [0, 0.05) is 0 Å². The van der Waals surface area contributed by atoms with Gasteiger partial charge in [-0.15, -0.1) is 0 Å². The first-order chi connectivity index (χ1) is 11.5. The van der Waals surface area contributed by atoms with Crippen molar-refractivity contribution in [3.63, 3.8) is 0 Å². The summed E-state index contributed by atoms with van der Waals surface area (Å²) >= 11 is 0. The van der Waals surface area contributed by atoms with Gasteiger partial charge in [0.1, 0.15) is 5.75 Å². The number of allylic oxidation sites excluding steroid dienone is 2. The molecule has 0 saturated carbocycles. The lowest BCUT2D eigenvalue weighted by atomic mass is 9.97. The SMILES string of the molecule is CCS(=O)(=O)c1ccc(C2=C(c3ccc(OC)cc3)CCC2)cc1. The molecule has 0 N–H and O–H groups in total. The van der Waals surface area contributed by atoms with Crippen molar-refractivity contribution in [2.24, 2.45) is 0 Å². The average molecular weight is 342 g/mol. The number of methoxy groups -OCH3 is 1. The number of hydrogen-bond donors (Lipinski definition) is 0. The molecule has 3 nitrogen and oxygen atoms in total.